The Bertz CT molecular complexity index is 615. The summed E-state index contributed by atoms with van der Waals surface area (Å²) < 4.78 is 5.57. The fourth-order valence-electron chi connectivity index (χ4n) is 2.11. The van der Waals surface area contributed by atoms with Crippen LogP contribution in [0.4, 0.5) is 11.7 Å². The Morgan fingerprint density at radius 3 is 2.95 bits per heavy atom. The maximum absolute atomic E-state index is 10.7. The van der Waals surface area contributed by atoms with Crippen LogP contribution in [0.15, 0.2) is 22.6 Å². The van der Waals surface area contributed by atoms with Crippen LogP contribution in [-0.2, 0) is 0 Å². The summed E-state index contributed by atoms with van der Waals surface area (Å²) in [5.74, 6) is 0. The summed E-state index contributed by atoms with van der Waals surface area (Å²) in [5, 5.41) is 10.7. The van der Waals surface area contributed by atoms with Crippen molar-refractivity contribution in [1.29, 1.82) is 0 Å². The number of hydrogen-bond donors (Lipinski definition) is 1. The molecule has 1 atom stereocenters. The van der Waals surface area contributed by atoms with Crippen molar-refractivity contribution < 1.29 is 9.34 Å². The fraction of sp³-hybridized carbons (Fsp3) is 0.364. The Labute approximate surface area is 114 Å². The number of nitro groups is 1. The molecule has 1 fully saturated rings. The first-order valence-corrected chi connectivity index (χ1v) is 5.69. The van der Waals surface area contributed by atoms with Crippen molar-refractivity contribution in [3.63, 3.8) is 0 Å². The molecule has 1 aliphatic rings. The van der Waals surface area contributed by atoms with Gasteiger partial charge >= 0.3 is 0 Å². The highest BCUT2D eigenvalue weighted by Crippen LogP contribution is 2.27. The lowest BCUT2D eigenvalue weighted by Crippen LogP contribution is -2.26. The summed E-state index contributed by atoms with van der Waals surface area (Å²) in [6.07, 6.45) is 0.902. The molecule has 8 heteroatoms. The number of anilines is 1. The van der Waals surface area contributed by atoms with Gasteiger partial charge in [0, 0.05) is 31.3 Å². The number of rotatable bonds is 2. The Morgan fingerprint density at radius 2 is 2.32 bits per heavy atom. The van der Waals surface area contributed by atoms with Crippen LogP contribution in [0.1, 0.15) is 6.42 Å². The third kappa shape index (κ3) is 2.47. The van der Waals surface area contributed by atoms with Crippen molar-refractivity contribution in [2.45, 2.75) is 12.5 Å². The van der Waals surface area contributed by atoms with Crippen LogP contribution < -0.4 is 10.6 Å². The Balaban J connectivity index is 0.00000133. The van der Waals surface area contributed by atoms with Crippen LogP contribution in [0.2, 0.25) is 0 Å². The number of fused-ring (bicyclic) bond motifs is 1. The van der Waals surface area contributed by atoms with E-state index in [9.17, 15) is 10.1 Å². The molecule has 7 nitrogen and oxygen atoms in total. The lowest BCUT2D eigenvalue weighted by molar-refractivity contribution is -0.384. The Morgan fingerprint density at radius 1 is 1.53 bits per heavy atom. The minimum Gasteiger partial charge on any atom is -0.423 e. The largest absolute Gasteiger partial charge is 0.423 e. The van der Waals surface area contributed by atoms with Gasteiger partial charge in [0.1, 0.15) is 5.52 Å². The van der Waals surface area contributed by atoms with Gasteiger partial charge in [-0.2, -0.15) is 4.98 Å². The summed E-state index contributed by atoms with van der Waals surface area (Å²) >= 11 is 0. The van der Waals surface area contributed by atoms with Gasteiger partial charge < -0.3 is 15.1 Å². The predicted molar refractivity (Wildman–Crippen MR) is 72.7 cm³/mol. The predicted octanol–water partition coefficient (Wildman–Crippen LogP) is 1.70. The highest BCUT2D eigenvalue weighted by molar-refractivity contribution is 5.85. The maximum Gasteiger partial charge on any atom is 0.298 e. The third-order valence-electron chi connectivity index (χ3n) is 3.07. The van der Waals surface area contributed by atoms with Crippen molar-refractivity contribution in [3.05, 3.63) is 28.3 Å². The highest BCUT2D eigenvalue weighted by atomic mass is 35.5. The number of aromatic nitrogens is 1. The molecule has 102 valence electrons. The SMILES string of the molecule is Cl.N[C@H]1CCN(c2nc3cc([N+](=O)[O-])ccc3o2)C1. The van der Waals surface area contributed by atoms with Crippen LogP contribution in [-0.4, -0.2) is 29.0 Å². The molecular formula is C11H13ClN4O3. The van der Waals surface area contributed by atoms with Gasteiger partial charge in [-0.1, -0.05) is 0 Å². The second kappa shape index (κ2) is 5.02. The van der Waals surface area contributed by atoms with Gasteiger partial charge in [0.25, 0.3) is 11.7 Å². The van der Waals surface area contributed by atoms with Crippen LogP contribution in [0.25, 0.3) is 11.1 Å². The van der Waals surface area contributed by atoms with Crippen LogP contribution >= 0.6 is 12.4 Å². The number of oxazole rings is 1. The van der Waals surface area contributed by atoms with Gasteiger partial charge in [-0.25, -0.2) is 0 Å². The van der Waals surface area contributed by atoms with E-state index < -0.39 is 4.92 Å². The van der Waals surface area contributed by atoms with E-state index >= 15 is 0 Å². The van der Waals surface area contributed by atoms with Crippen molar-refractivity contribution in [1.82, 2.24) is 4.98 Å². The van der Waals surface area contributed by atoms with Crippen molar-refractivity contribution in [2.75, 3.05) is 18.0 Å². The van der Waals surface area contributed by atoms with E-state index in [-0.39, 0.29) is 24.1 Å². The first kappa shape index (κ1) is 13.6. The standard InChI is InChI=1S/C11H12N4O3.ClH/c12-7-3-4-14(6-7)11-13-9-5-8(15(16)17)1-2-10(9)18-11;/h1-2,5,7H,3-4,6,12H2;1H/t7-;/m0./s1. The number of benzene rings is 1. The maximum atomic E-state index is 10.7. The molecular weight excluding hydrogens is 272 g/mol. The second-order valence-electron chi connectivity index (χ2n) is 4.40. The normalized spacial score (nSPS) is 18.6. The second-order valence-corrected chi connectivity index (χ2v) is 4.40. The highest BCUT2D eigenvalue weighted by Gasteiger charge is 2.23. The topological polar surface area (TPSA) is 98.4 Å². The zero-order valence-corrected chi connectivity index (χ0v) is 10.8. The number of hydrogen-bond acceptors (Lipinski definition) is 6. The molecule has 0 saturated carbocycles. The molecule has 3 rings (SSSR count). The molecule has 0 radical (unpaired) electrons. The van der Waals surface area contributed by atoms with E-state index in [0.717, 1.165) is 13.0 Å². The summed E-state index contributed by atoms with van der Waals surface area (Å²) in [6, 6.07) is 5.01. The lowest BCUT2D eigenvalue weighted by Gasteiger charge is -2.11. The summed E-state index contributed by atoms with van der Waals surface area (Å²) in [4.78, 5) is 16.5. The molecule has 2 aromatic rings. The van der Waals surface area contributed by atoms with Gasteiger partial charge in [-0.05, 0) is 12.5 Å². The zero-order chi connectivity index (χ0) is 12.7. The molecule has 1 saturated heterocycles. The monoisotopic (exact) mass is 284 g/mol. The molecule has 0 spiro atoms. The molecule has 1 aromatic heterocycles. The molecule has 2 heterocycles. The molecule has 0 aliphatic carbocycles. The molecule has 1 aliphatic heterocycles. The molecule has 0 bridgehead atoms. The van der Waals surface area contributed by atoms with Crippen molar-refractivity contribution in [2.24, 2.45) is 5.73 Å². The van der Waals surface area contributed by atoms with Gasteiger partial charge in [0.2, 0.25) is 0 Å². The smallest absolute Gasteiger partial charge is 0.298 e. The number of non-ortho nitro benzene ring substituents is 1. The van der Waals surface area contributed by atoms with E-state index in [0.29, 0.717) is 23.7 Å². The van der Waals surface area contributed by atoms with Crippen LogP contribution in [0.3, 0.4) is 0 Å². The van der Waals surface area contributed by atoms with Gasteiger partial charge in [-0.3, -0.25) is 10.1 Å². The molecule has 1 aromatic carbocycles. The minimum absolute atomic E-state index is 0. The van der Waals surface area contributed by atoms with Gasteiger partial charge in [0.15, 0.2) is 5.58 Å². The summed E-state index contributed by atoms with van der Waals surface area (Å²) in [6.45, 7) is 1.50. The Hall–Kier alpha value is -1.86. The zero-order valence-electron chi connectivity index (χ0n) is 9.98. The first-order chi connectivity index (χ1) is 8.63. The number of nitrogens with zero attached hydrogens (tertiary/aromatic N) is 3. The molecule has 2 N–H and O–H groups in total. The number of halogens is 1. The lowest BCUT2D eigenvalue weighted by atomic mass is 10.3. The quantitative estimate of drug-likeness (QED) is 0.665. The van der Waals surface area contributed by atoms with E-state index in [1.54, 1.807) is 6.07 Å². The van der Waals surface area contributed by atoms with E-state index in [1.165, 1.54) is 12.1 Å². The first-order valence-electron chi connectivity index (χ1n) is 5.69. The van der Waals surface area contributed by atoms with E-state index in [1.807, 2.05) is 4.90 Å². The Kier molecular flexibility index (Phi) is 3.59. The number of nitro benzene ring substituents is 1. The molecule has 19 heavy (non-hydrogen) atoms. The number of nitrogens with two attached hydrogens (primary N) is 1. The minimum atomic E-state index is -0.445. The van der Waals surface area contributed by atoms with Crippen LogP contribution in [0, 0.1) is 10.1 Å². The van der Waals surface area contributed by atoms with Crippen molar-refractivity contribution in [3.8, 4) is 0 Å². The summed E-state index contributed by atoms with van der Waals surface area (Å²) in [7, 11) is 0. The average Bonchev–Trinajstić information content (AvgIpc) is 2.93. The average molecular weight is 285 g/mol. The van der Waals surface area contributed by atoms with E-state index in [4.69, 9.17) is 10.2 Å². The fourth-order valence-corrected chi connectivity index (χ4v) is 2.11. The van der Waals surface area contributed by atoms with Crippen molar-refractivity contribution >= 4 is 35.2 Å². The van der Waals surface area contributed by atoms with Crippen LogP contribution in [0.5, 0.6) is 0 Å². The van der Waals surface area contributed by atoms with Gasteiger partial charge in [-0.15, -0.1) is 12.4 Å². The molecule has 0 amide bonds. The third-order valence-corrected chi connectivity index (χ3v) is 3.07. The van der Waals surface area contributed by atoms with E-state index in [2.05, 4.69) is 4.98 Å². The van der Waals surface area contributed by atoms with Gasteiger partial charge in [0.05, 0.1) is 4.92 Å². The molecule has 0 unspecified atom stereocenters. The summed E-state index contributed by atoms with van der Waals surface area (Å²) in [5.41, 5.74) is 6.89.